The van der Waals surface area contributed by atoms with E-state index in [0.717, 1.165) is 15.7 Å². The Morgan fingerprint density at radius 3 is 2.55 bits per heavy atom. The van der Waals surface area contributed by atoms with Crippen LogP contribution in [-0.2, 0) is 11.4 Å². The molecule has 0 aliphatic carbocycles. The Bertz CT molecular complexity index is 1160. The third kappa shape index (κ3) is 7.64. The zero-order chi connectivity index (χ0) is 23.8. The van der Waals surface area contributed by atoms with Crippen molar-refractivity contribution in [3.05, 3.63) is 84.7 Å². The van der Waals surface area contributed by atoms with Crippen molar-refractivity contribution < 1.29 is 14.3 Å². The van der Waals surface area contributed by atoms with Crippen molar-refractivity contribution >= 4 is 72.9 Å². The topological polar surface area (TPSA) is 72.0 Å². The van der Waals surface area contributed by atoms with E-state index in [2.05, 4.69) is 47.7 Å². The van der Waals surface area contributed by atoms with Crippen molar-refractivity contribution in [1.82, 2.24) is 5.43 Å². The predicted octanol–water partition coefficient (Wildman–Crippen LogP) is 6.67. The number of rotatable bonds is 9. The highest BCUT2D eigenvalue weighted by Gasteiger charge is 2.13. The smallest absolute Gasteiger partial charge is 0.259 e. The summed E-state index contributed by atoms with van der Waals surface area (Å²) < 4.78 is 13.0. The number of carbonyl (C=O) groups excluding carboxylic acids is 1. The number of hydrogen-bond acceptors (Lipinski definition) is 5. The average Bonchev–Trinajstić information content (AvgIpc) is 2.78. The highest BCUT2D eigenvalue weighted by atomic mass is 79.9. The molecule has 6 nitrogen and oxygen atoms in total. The van der Waals surface area contributed by atoms with Gasteiger partial charge in [0.1, 0.15) is 6.61 Å². The molecule has 0 saturated carbocycles. The van der Waals surface area contributed by atoms with Gasteiger partial charge in [0.2, 0.25) is 0 Å². The van der Waals surface area contributed by atoms with E-state index in [1.807, 2.05) is 24.3 Å². The summed E-state index contributed by atoms with van der Waals surface area (Å²) in [4.78, 5) is 12.0. The van der Waals surface area contributed by atoms with Crippen molar-refractivity contribution in [1.29, 1.82) is 0 Å². The number of benzene rings is 3. The van der Waals surface area contributed by atoms with Crippen LogP contribution in [0.2, 0.25) is 10.0 Å². The second kappa shape index (κ2) is 12.3. The van der Waals surface area contributed by atoms with Crippen LogP contribution in [-0.4, -0.2) is 25.8 Å². The molecule has 0 heterocycles. The van der Waals surface area contributed by atoms with E-state index in [9.17, 15) is 4.79 Å². The normalized spacial score (nSPS) is 10.8. The molecule has 3 aromatic carbocycles. The Labute approximate surface area is 218 Å². The highest BCUT2D eigenvalue weighted by molar-refractivity contribution is 9.10. The van der Waals surface area contributed by atoms with Crippen LogP contribution in [0.15, 0.2) is 68.6 Å². The first-order valence-electron chi connectivity index (χ1n) is 9.61. The van der Waals surface area contributed by atoms with E-state index in [4.69, 9.17) is 32.7 Å². The van der Waals surface area contributed by atoms with Gasteiger partial charge in [0, 0.05) is 25.8 Å². The van der Waals surface area contributed by atoms with Gasteiger partial charge in [-0.1, -0.05) is 45.2 Å². The lowest BCUT2D eigenvalue weighted by Crippen LogP contribution is -2.25. The van der Waals surface area contributed by atoms with E-state index >= 15 is 0 Å². The third-order valence-corrected chi connectivity index (χ3v) is 6.04. The van der Waals surface area contributed by atoms with E-state index in [-0.39, 0.29) is 19.1 Å². The fourth-order valence-electron chi connectivity index (χ4n) is 2.71. The molecule has 0 aromatic heterocycles. The van der Waals surface area contributed by atoms with Crippen LogP contribution in [0.3, 0.4) is 0 Å². The first-order valence-corrected chi connectivity index (χ1v) is 12.0. The minimum atomic E-state index is -0.278. The largest absolute Gasteiger partial charge is 0.493 e. The first kappa shape index (κ1) is 25.4. The molecule has 0 radical (unpaired) electrons. The Morgan fingerprint density at radius 2 is 1.85 bits per heavy atom. The SMILES string of the molecule is COc1cc(/C=N\NC(=O)CNc2ccc(Br)cc2)cc(Br)c1OCc1ccc(Cl)cc1Cl. The second-order valence-electron chi connectivity index (χ2n) is 6.71. The van der Waals surface area contributed by atoms with E-state index < -0.39 is 0 Å². The van der Waals surface area contributed by atoms with E-state index in [1.54, 1.807) is 37.4 Å². The van der Waals surface area contributed by atoms with Gasteiger partial charge in [-0.15, -0.1) is 0 Å². The summed E-state index contributed by atoms with van der Waals surface area (Å²) >= 11 is 19.0. The number of halogens is 4. The highest BCUT2D eigenvalue weighted by Crippen LogP contribution is 2.37. The molecule has 33 heavy (non-hydrogen) atoms. The summed E-state index contributed by atoms with van der Waals surface area (Å²) in [5, 5.41) is 8.11. The van der Waals surface area contributed by atoms with Gasteiger partial charge in [-0.05, 0) is 70.0 Å². The lowest BCUT2D eigenvalue weighted by Gasteiger charge is -2.14. The van der Waals surface area contributed by atoms with Crippen LogP contribution in [0.1, 0.15) is 11.1 Å². The van der Waals surface area contributed by atoms with Gasteiger partial charge in [0.25, 0.3) is 5.91 Å². The van der Waals surface area contributed by atoms with Crippen LogP contribution in [0.5, 0.6) is 11.5 Å². The van der Waals surface area contributed by atoms with Gasteiger partial charge < -0.3 is 14.8 Å². The molecule has 0 aliphatic heterocycles. The van der Waals surface area contributed by atoms with Gasteiger partial charge in [-0.3, -0.25) is 4.79 Å². The maximum Gasteiger partial charge on any atom is 0.259 e. The molecule has 0 bridgehead atoms. The van der Waals surface area contributed by atoms with Crippen LogP contribution in [0, 0.1) is 0 Å². The molecule has 3 aromatic rings. The Morgan fingerprint density at radius 1 is 1.09 bits per heavy atom. The fraction of sp³-hybridized carbons (Fsp3) is 0.130. The molecule has 0 fully saturated rings. The standard InChI is InChI=1S/C23H19Br2Cl2N3O3/c1-32-21-9-14(11-29-30-22(31)12-28-18-6-3-16(24)4-7-18)8-19(25)23(21)33-13-15-2-5-17(26)10-20(15)27/h2-11,28H,12-13H2,1H3,(H,30,31)/b29-11-. The van der Waals surface area contributed by atoms with Crippen molar-refractivity contribution in [3.8, 4) is 11.5 Å². The fourth-order valence-corrected chi connectivity index (χ4v) is 4.01. The zero-order valence-corrected chi connectivity index (χ0v) is 22.1. The molecule has 2 N–H and O–H groups in total. The zero-order valence-electron chi connectivity index (χ0n) is 17.4. The molecule has 172 valence electrons. The molecule has 0 unspecified atom stereocenters. The Kier molecular flexibility index (Phi) is 9.43. The number of ether oxygens (including phenoxy) is 2. The van der Waals surface area contributed by atoms with Crippen molar-refractivity contribution in [3.63, 3.8) is 0 Å². The van der Waals surface area contributed by atoms with Crippen LogP contribution in [0.25, 0.3) is 0 Å². The quantitative estimate of drug-likeness (QED) is 0.208. The van der Waals surface area contributed by atoms with Crippen molar-refractivity contribution in [2.45, 2.75) is 6.61 Å². The van der Waals surface area contributed by atoms with E-state index in [1.165, 1.54) is 6.21 Å². The number of carbonyl (C=O) groups is 1. The maximum absolute atomic E-state index is 12.0. The van der Waals surface area contributed by atoms with Gasteiger partial charge in [-0.25, -0.2) is 5.43 Å². The number of nitrogens with zero attached hydrogens (tertiary/aromatic N) is 1. The first-order chi connectivity index (χ1) is 15.9. The van der Waals surface area contributed by atoms with E-state index in [0.29, 0.717) is 31.6 Å². The second-order valence-corrected chi connectivity index (χ2v) is 9.33. The molecule has 0 aliphatic rings. The monoisotopic (exact) mass is 613 g/mol. The number of methoxy groups -OCH3 is 1. The molecule has 10 heteroatoms. The molecular weight excluding hydrogens is 597 g/mol. The summed E-state index contributed by atoms with van der Waals surface area (Å²) in [7, 11) is 1.54. The van der Waals surface area contributed by atoms with Crippen molar-refractivity contribution in [2.75, 3.05) is 19.0 Å². The van der Waals surface area contributed by atoms with Crippen LogP contribution < -0.4 is 20.2 Å². The minimum Gasteiger partial charge on any atom is -0.493 e. The molecule has 3 rings (SSSR count). The van der Waals surface area contributed by atoms with Gasteiger partial charge in [0.15, 0.2) is 11.5 Å². The summed E-state index contributed by atoms with van der Waals surface area (Å²) in [5.74, 6) is 0.738. The van der Waals surface area contributed by atoms with Crippen molar-refractivity contribution in [2.24, 2.45) is 5.10 Å². The summed E-state index contributed by atoms with van der Waals surface area (Å²) in [6.07, 6.45) is 1.52. The van der Waals surface area contributed by atoms with Gasteiger partial charge >= 0.3 is 0 Å². The third-order valence-electron chi connectivity index (χ3n) is 4.34. The number of hydrazone groups is 1. The number of amides is 1. The molecule has 0 saturated heterocycles. The Balaban J connectivity index is 1.59. The lowest BCUT2D eigenvalue weighted by atomic mass is 10.2. The summed E-state index contributed by atoms with van der Waals surface area (Å²) in [6, 6.07) is 16.3. The molecule has 0 spiro atoms. The minimum absolute atomic E-state index is 0.0893. The number of anilines is 1. The maximum atomic E-state index is 12.0. The molecule has 1 amide bonds. The van der Waals surface area contributed by atoms with Crippen LogP contribution in [0.4, 0.5) is 5.69 Å². The Hall–Kier alpha value is -2.26. The average molecular weight is 616 g/mol. The summed E-state index contributed by atoms with van der Waals surface area (Å²) in [5.41, 5.74) is 4.82. The molecular formula is C23H19Br2Cl2N3O3. The summed E-state index contributed by atoms with van der Waals surface area (Å²) in [6.45, 7) is 0.325. The predicted molar refractivity (Wildman–Crippen MR) is 140 cm³/mol. The lowest BCUT2D eigenvalue weighted by molar-refractivity contribution is -0.119. The number of nitrogens with one attached hydrogen (secondary N) is 2. The number of hydrogen-bond donors (Lipinski definition) is 2. The van der Waals surface area contributed by atoms with Gasteiger partial charge in [0.05, 0.1) is 24.3 Å². The van der Waals surface area contributed by atoms with Gasteiger partial charge in [-0.2, -0.15) is 5.10 Å². The molecule has 0 atom stereocenters. The van der Waals surface area contributed by atoms with Crippen LogP contribution >= 0.6 is 55.1 Å².